The highest BCUT2D eigenvalue weighted by Gasteiger charge is 2.12. The van der Waals surface area contributed by atoms with E-state index in [9.17, 15) is 0 Å². The average molecular weight is 310 g/mol. The third kappa shape index (κ3) is 1.62. The van der Waals surface area contributed by atoms with E-state index in [4.69, 9.17) is 5.73 Å². The van der Waals surface area contributed by atoms with Crippen LogP contribution >= 0.6 is 27.3 Å². The van der Waals surface area contributed by atoms with E-state index in [1.165, 1.54) is 0 Å². The third-order valence-electron chi connectivity index (χ3n) is 2.42. The first-order valence-corrected chi connectivity index (χ1v) is 6.54. The lowest BCUT2D eigenvalue weighted by atomic mass is 10.3. The van der Waals surface area contributed by atoms with Crippen LogP contribution < -0.4 is 5.73 Å². The van der Waals surface area contributed by atoms with E-state index in [-0.39, 0.29) is 0 Å². The molecule has 0 aliphatic heterocycles. The van der Waals surface area contributed by atoms with Crippen LogP contribution in [-0.2, 0) is 0 Å². The van der Waals surface area contributed by atoms with E-state index in [1.807, 2.05) is 6.92 Å². The number of hydrogen-bond acceptors (Lipinski definition) is 5. The number of aryl methyl sites for hydroxylation is 1. The van der Waals surface area contributed by atoms with Crippen LogP contribution in [-0.4, -0.2) is 19.7 Å². The lowest BCUT2D eigenvalue weighted by Gasteiger charge is -2.00. The van der Waals surface area contributed by atoms with Crippen molar-refractivity contribution in [2.45, 2.75) is 6.92 Å². The van der Waals surface area contributed by atoms with Gasteiger partial charge in [0.2, 0.25) is 0 Å². The summed E-state index contributed by atoms with van der Waals surface area (Å²) in [6, 6.07) is 0. The molecule has 0 atom stereocenters. The van der Waals surface area contributed by atoms with Crippen LogP contribution in [0, 0.1) is 6.92 Å². The first kappa shape index (κ1) is 10.7. The summed E-state index contributed by atoms with van der Waals surface area (Å²) in [7, 11) is 0. The molecule has 0 aliphatic carbocycles. The van der Waals surface area contributed by atoms with Gasteiger partial charge in [-0.05, 0) is 33.8 Å². The highest BCUT2D eigenvalue weighted by atomic mass is 79.9. The molecular formula is C10H8BrN5S. The molecule has 3 aromatic heterocycles. The standard InChI is InChI=1S/C10H8BrN5S/c1-5-3-17-8-7(5)13-4-14-10(8)16-2-6(11)9(12)15-16/h2-4H,1H3,(H2,12,15). The van der Waals surface area contributed by atoms with E-state index in [1.54, 1.807) is 28.5 Å². The molecule has 0 amide bonds. The molecule has 3 heterocycles. The van der Waals surface area contributed by atoms with Gasteiger partial charge in [-0.15, -0.1) is 16.4 Å². The van der Waals surface area contributed by atoms with Gasteiger partial charge in [0.15, 0.2) is 11.6 Å². The van der Waals surface area contributed by atoms with Gasteiger partial charge in [0.05, 0.1) is 14.7 Å². The van der Waals surface area contributed by atoms with Gasteiger partial charge in [0.25, 0.3) is 0 Å². The predicted molar refractivity (Wildman–Crippen MR) is 71.4 cm³/mol. The van der Waals surface area contributed by atoms with E-state index in [0.29, 0.717) is 5.82 Å². The molecule has 0 bridgehead atoms. The summed E-state index contributed by atoms with van der Waals surface area (Å²) in [5, 5.41) is 6.26. The molecule has 2 N–H and O–H groups in total. The minimum absolute atomic E-state index is 0.449. The summed E-state index contributed by atoms with van der Waals surface area (Å²) in [6.07, 6.45) is 3.34. The number of hydrogen-bond donors (Lipinski definition) is 1. The molecule has 0 spiro atoms. The second kappa shape index (κ2) is 3.78. The van der Waals surface area contributed by atoms with Crippen molar-refractivity contribution in [2.75, 3.05) is 5.73 Å². The Morgan fingerprint density at radius 2 is 2.24 bits per heavy atom. The van der Waals surface area contributed by atoms with Crippen molar-refractivity contribution in [1.82, 2.24) is 19.7 Å². The van der Waals surface area contributed by atoms with Crippen molar-refractivity contribution in [3.63, 3.8) is 0 Å². The van der Waals surface area contributed by atoms with Gasteiger partial charge in [0, 0.05) is 6.20 Å². The fraction of sp³-hybridized carbons (Fsp3) is 0.100. The molecular weight excluding hydrogens is 302 g/mol. The Hall–Kier alpha value is -1.47. The number of thiophene rings is 1. The van der Waals surface area contributed by atoms with Crippen LogP contribution in [0.1, 0.15) is 5.56 Å². The van der Waals surface area contributed by atoms with Gasteiger partial charge in [0.1, 0.15) is 6.33 Å². The molecule has 3 rings (SSSR count). The Balaban J connectivity index is 2.30. The van der Waals surface area contributed by atoms with Crippen molar-refractivity contribution in [3.05, 3.63) is 27.9 Å². The lowest BCUT2D eigenvalue weighted by Crippen LogP contribution is -2.00. The quantitative estimate of drug-likeness (QED) is 0.750. The number of nitrogen functional groups attached to an aromatic ring is 1. The van der Waals surface area contributed by atoms with E-state index in [2.05, 4.69) is 36.4 Å². The summed E-state index contributed by atoms with van der Waals surface area (Å²) in [5.74, 6) is 1.20. The molecule has 0 aromatic carbocycles. The predicted octanol–water partition coefficient (Wildman–Crippen LogP) is 2.53. The fourth-order valence-electron chi connectivity index (χ4n) is 1.59. The smallest absolute Gasteiger partial charge is 0.174 e. The monoisotopic (exact) mass is 309 g/mol. The highest BCUT2D eigenvalue weighted by molar-refractivity contribution is 9.10. The minimum Gasteiger partial charge on any atom is -0.381 e. The van der Waals surface area contributed by atoms with Crippen molar-refractivity contribution in [2.24, 2.45) is 0 Å². The van der Waals surface area contributed by atoms with E-state index in [0.717, 1.165) is 26.1 Å². The largest absolute Gasteiger partial charge is 0.381 e. The Morgan fingerprint density at radius 3 is 2.94 bits per heavy atom. The molecule has 3 aromatic rings. The van der Waals surface area contributed by atoms with Gasteiger partial charge >= 0.3 is 0 Å². The van der Waals surface area contributed by atoms with Gasteiger partial charge in [-0.2, -0.15) is 0 Å². The zero-order valence-corrected chi connectivity index (χ0v) is 11.3. The molecule has 17 heavy (non-hydrogen) atoms. The molecule has 0 radical (unpaired) electrons. The Bertz CT molecular complexity index is 682. The minimum atomic E-state index is 0.449. The molecule has 0 aliphatic rings. The van der Waals surface area contributed by atoms with Crippen molar-refractivity contribution in [3.8, 4) is 5.82 Å². The second-order valence-corrected chi connectivity index (χ2v) is 5.33. The fourth-order valence-corrected chi connectivity index (χ4v) is 2.85. The maximum atomic E-state index is 5.71. The topological polar surface area (TPSA) is 69.6 Å². The molecule has 5 nitrogen and oxygen atoms in total. The molecule has 7 heteroatoms. The number of fused-ring (bicyclic) bond motifs is 1. The van der Waals surface area contributed by atoms with Gasteiger partial charge < -0.3 is 5.73 Å². The zero-order chi connectivity index (χ0) is 12.0. The number of nitrogens with two attached hydrogens (primary N) is 1. The van der Waals surface area contributed by atoms with Crippen LogP contribution in [0.4, 0.5) is 5.82 Å². The Morgan fingerprint density at radius 1 is 1.41 bits per heavy atom. The first-order chi connectivity index (χ1) is 8.16. The molecule has 0 saturated carbocycles. The molecule has 0 unspecified atom stereocenters. The van der Waals surface area contributed by atoms with Crippen LogP contribution in [0.2, 0.25) is 0 Å². The van der Waals surface area contributed by atoms with Crippen LogP contribution in [0.25, 0.3) is 16.0 Å². The van der Waals surface area contributed by atoms with Gasteiger partial charge in [-0.1, -0.05) is 0 Å². The SMILES string of the molecule is Cc1csc2c(-n3cc(Br)c(N)n3)ncnc12. The number of nitrogens with zero attached hydrogens (tertiary/aromatic N) is 4. The molecule has 0 saturated heterocycles. The van der Waals surface area contributed by atoms with Gasteiger partial charge in [-0.25, -0.2) is 14.6 Å². The first-order valence-electron chi connectivity index (χ1n) is 4.86. The van der Waals surface area contributed by atoms with Crippen LogP contribution in [0.15, 0.2) is 22.4 Å². The van der Waals surface area contributed by atoms with Crippen LogP contribution in [0.3, 0.4) is 0 Å². The van der Waals surface area contributed by atoms with E-state index >= 15 is 0 Å². The summed E-state index contributed by atoms with van der Waals surface area (Å²) in [5.41, 5.74) is 7.82. The van der Waals surface area contributed by atoms with Crippen molar-refractivity contribution in [1.29, 1.82) is 0 Å². The number of halogens is 1. The summed E-state index contributed by atoms with van der Waals surface area (Å²) < 4.78 is 3.44. The molecule has 86 valence electrons. The maximum Gasteiger partial charge on any atom is 0.174 e. The summed E-state index contributed by atoms with van der Waals surface area (Å²) in [4.78, 5) is 8.54. The summed E-state index contributed by atoms with van der Waals surface area (Å²) in [6.45, 7) is 2.03. The molecule has 0 fully saturated rings. The lowest BCUT2D eigenvalue weighted by molar-refractivity contribution is 0.857. The normalized spacial score (nSPS) is 11.2. The Kier molecular flexibility index (Phi) is 2.37. The maximum absolute atomic E-state index is 5.71. The second-order valence-electron chi connectivity index (χ2n) is 3.60. The number of anilines is 1. The Labute approximate surface area is 109 Å². The van der Waals surface area contributed by atoms with Gasteiger partial charge in [-0.3, -0.25) is 0 Å². The van der Waals surface area contributed by atoms with Crippen LogP contribution in [0.5, 0.6) is 0 Å². The number of aromatic nitrogens is 4. The van der Waals surface area contributed by atoms with Crippen molar-refractivity contribution < 1.29 is 0 Å². The average Bonchev–Trinajstić information content (AvgIpc) is 2.84. The zero-order valence-electron chi connectivity index (χ0n) is 8.88. The van der Waals surface area contributed by atoms with Crippen molar-refractivity contribution >= 4 is 43.3 Å². The number of rotatable bonds is 1. The highest BCUT2D eigenvalue weighted by Crippen LogP contribution is 2.28. The summed E-state index contributed by atoms with van der Waals surface area (Å²) >= 11 is 4.94. The van der Waals surface area contributed by atoms with E-state index < -0.39 is 0 Å². The third-order valence-corrected chi connectivity index (χ3v) is 4.12.